The number of nitrogens with zero attached hydrogens (tertiary/aromatic N) is 7. The van der Waals surface area contributed by atoms with Crippen LogP contribution < -0.4 is 10.6 Å². The lowest BCUT2D eigenvalue weighted by Gasteiger charge is -2.25. The molecule has 3 aromatic heterocycles. The van der Waals surface area contributed by atoms with Gasteiger partial charge in [-0.15, -0.1) is 10.2 Å². The molecule has 29 heavy (non-hydrogen) atoms. The van der Waals surface area contributed by atoms with E-state index in [-0.39, 0.29) is 6.04 Å². The van der Waals surface area contributed by atoms with Crippen LogP contribution in [0.1, 0.15) is 50.6 Å². The van der Waals surface area contributed by atoms with Crippen molar-refractivity contribution in [2.75, 3.05) is 13.1 Å². The third-order valence-corrected chi connectivity index (χ3v) is 5.07. The molecule has 0 saturated carbocycles. The molecule has 1 aliphatic heterocycles. The molecule has 154 valence electrons. The molecule has 9 nitrogen and oxygen atoms in total. The summed E-state index contributed by atoms with van der Waals surface area (Å²) in [4.78, 5) is 9.41. The first-order valence-corrected chi connectivity index (χ1v) is 10.4. The molecule has 4 rings (SSSR count). The van der Waals surface area contributed by atoms with E-state index in [9.17, 15) is 0 Å². The van der Waals surface area contributed by atoms with Crippen molar-refractivity contribution in [1.29, 1.82) is 0 Å². The maximum atomic E-state index is 4.75. The Hall–Kier alpha value is -2.97. The van der Waals surface area contributed by atoms with Gasteiger partial charge in [0.2, 0.25) is 0 Å². The Morgan fingerprint density at radius 3 is 3.03 bits per heavy atom. The summed E-state index contributed by atoms with van der Waals surface area (Å²) in [5.74, 6) is 4.13. The van der Waals surface area contributed by atoms with Crippen molar-refractivity contribution in [3.05, 3.63) is 41.9 Å². The average Bonchev–Trinajstić information content (AvgIpc) is 3.32. The van der Waals surface area contributed by atoms with Crippen molar-refractivity contribution in [2.45, 2.75) is 58.5 Å². The van der Waals surface area contributed by atoms with Crippen molar-refractivity contribution in [3.63, 3.8) is 0 Å². The highest BCUT2D eigenvalue weighted by Gasteiger charge is 2.23. The molecule has 2 N–H and O–H groups in total. The van der Waals surface area contributed by atoms with Crippen molar-refractivity contribution >= 4 is 11.6 Å². The molecule has 0 saturated heterocycles. The summed E-state index contributed by atoms with van der Waals surface area (Å²) in [6, 6.07) is 6.20. The van der Waals surface area contributed by atoms with Crippen molar-refractivity contribution in [2.24, 2.45) is 4.99 Å². The van der Waals surface area contributed by atoms with Gasteiger partial charge >= 0.3 is 0 Å². The molecule has 4 heterocycles. The molecule has 0 bridgehead atoms. The van der Waals surface area contributed by atoms with Gasteiger partial charge in [0.25, 0.3) is 0 Å². The summed E-state index contributed by atoms with van der Waals surface area (Å²) < 4.78 is 4.05. The fourth-order valence-corrected chi connectivity index (χ4v) is 3.53. The number of aliphatic imine (C=N–C) groups is 1. The highest BCUT2D eigenvalue weighted by atomic mass is 15.4. The molecule has 0 aliphatic carbocycles. The molecule has 1 atom stereocenters. The summed E-state index contributed by atoms with van der Waals surface area (Å²) in [7, 11) is 0. The zero-order chi connectivity index (χ0) is 20.2. The van der Waals surface area contributed by atoms with E-state index in [0.29, 0.717) is 12.5 Å². The van der Waals surface area contributed by atoms with E-state index in [1.165, 1.54) is 0 Å². The van der Waals surface area contributed by atoms with Crippen LogP contribution in [0.15, 0.2) is 29.4 Å². The predicted octanol–water partition coefficient (Wildman–Crippen LogP) is 1.56. The fourth-order valence-electron chi connectivity index (χ4n) is 3.53. The standard InChI is InChI=1S/C20H29N9/c1-4-21-20(22-11-10-18-26-25-17-7-5-6-12-28(17)18)23-15-8-9-16-24-19(14(2)3)27-29(16)13-15/h5-7,12,14-15H,4,8-11,13H2,1-3H3,(H2,21,22,23). The number of guanidine groups is 1. The highest BCUT2D eigenvalue weighted by molar-refractivity contribution is 5.80. The molecular formula is C20H29N9. The Morgan fingerprint density at radius 1 is 1.31 bits per heavy atom. The lowest BCUT2D eigenvalue weighted by atomic mass is 10.1. The van der Waals surface area contributed by atoms with Gasteiger partial charge in [0.1, 0.15) is 11.6 Å². The van der Waals surface area contributed by atoms with Gasteiger partial charge in [0.15, 0.2) is 17.4 Å². The molecule has 0 fully saturated rings. The van der Waals surface area contributed by atoms with E-state index in [1.54, 1.807) is 0 Å². The zero-order valence-electron chi connectivity index (χ0n) is 17.3. The molecular weight excluding hydrogens is 366 g/mol. The first kappa shape index (κ1) is 19.4. The van der Waals surface area contributed by atoms with Crippen LogP contribution in [0.4, 0.5) is 0 Å². The van der Waals surface area contributed by atoms with Crippen molar-refractivity contribution in [3.8, 4) is 0 Å². The van der Waals surface area contributed by atoms with E-state index < -0.39 is 0 Å². The summed E-state index contributed by atoms with van der Waals surface area (Å²) >= 11 is 0. The summed E-state index contributed by atoms with van der Waals surface area (Å²) in [6.07, 6.45) is 4.68. The van der Waals surface area contributed by atoms with Crippen LogP contribution in [0.3, 0.4) is 0 Å². The van der Waals surface area contributed by atoms with E-state index in [1.807, 2.05) is 33.5 Å². The molecule has 1 unspecified atom stereocenters. The van der Waals surface area contributed by atoms with Crippen LogP contribution in [0, 0.1) is 0 Å². The maximum Gasteiger partial charge on any atom is 0.191 e. The monoisotopic (exact) mass is 395 g/mol. The lowest BCUT2D eigenvalue weighted by molar-refractivity contribution is 0.391. The first-order chi connectivity index (χ1) is 14.1. The van der Waals surface area contributed by atoms with Gasteiger partial charge in [-0.2, -0.15) is 5.10 Å². The Labute approximate surface area is 170 Å². The molecule has 0 aromatic carbocycles. The third kappa shape index (κ3) is 4.38. The number of hydrogen-bond donors (Lipinski definition) is 2. The number of fused-ring (bicyclic) bond motifs is 2. The second-order valence-electron chi connectivity index (χ2n) is 7.66. The van der Waals surface area contributed by atoms with Gasteiger partial charge in [-0.1, -0.05) is 19.9 Å². The number of aryl methyl sites for hydroxylation is 1. The number of hydrogen-bond acceptors (Lipinski definition) is 5. The number of aromatic nitrogens is 6. The SMILES string of the molecule is CCNC(=NCCc1nnc2ccccn12)NC1CCc2nc(C(C)C)nn2C1. The number of nitrogens with one attached hydrogen (secondary N) is 2. The van der Waals surface area contributed by atoms with Gasteiger partial charge in [-0.3, -0.25) is 9.39 Å². The fraction of sp³-hybridized carbons (Fsp3) is 0.550. The average molecular weight is 396 g/mol. The van der Waals surface area contributed by atoms with Gasteiger partial charge in [0.05, 0.1) is 6.54 Å². The Balaban J connectivity index is 1.38. The molecule has 1 aliphatic rings. The smallest absolute Gasteiger partial charge is 0.191 e. The van der Waals surface area contributed by atoms with Crippen LogP contribution in [-0.4, -0.2) is 54.5 Å². The minimum absolute atomic E-state index is 0.288. The normalized spacial score (nSPS) is 17.0. The predicted molar refractivity (Wildman–Crippen MR) is 112 cm³/mol. The number of pyridine rings is 1. The largest absolute Gasteiger partial charge is 0.357 e. The zero-order valence-corrected chi connectivity index (χ0v) is 17.3. The molecule has 0 spiro atoms. The van der Waals surface area contributed by atoms with Crippen LogP contribution in [-0.2, 0) is 19.4 Å². The van der Waals surface area contributed by atoms with E-state index >= 15 is 0 Å². The highest BCUT2D eigenvalue weighted by Crippen LogP contribution is 2.17. The van der Waals surface area contributed by atoms with E-state index in [2.05, 4.69) is 51.7 Å². The second kappa shape index (κ2) is 8.59. The van der Waals surface area contributed by atoms with Crippen molar-refractivity contribution in [1.82, 2.24) is 40.0 Å². The minimum Gasteiger partial charge on any atom is -0.357 e. The second-order valence-corrected chi connectivity index (χ2v) is 7.66. The van der Waals surface area contributed by atoms with Gasteiger partial charge < -0.3 is 10.6 Å². The molecule has 0 amide bonds. The summed E-state index contributed by atoms with van der Waals surface area (Å²) in [5.41, 5.74) is 0.864. The Kier molecular flexibility index (Phi) is 5.73. The van der Waals surface area contributed by atoms with Crippen LogP contribution >= 0.6 is 0 Å². The Bertz CT molecular complexity index is 985. The third-order valence-electron chi connectivity index (χ3n) is 5.07. The van der Waals surface area contributed by atoms with Gasteiger partial charge in [-0.25, -0.2) is 9.67 Å². The minimum atomic E-state index is 0.288. The van der Waals surface area contributed by atoms with E-state index in [0.717, 1.165) is 61.4 Å². The summed E-state index contributed by atoms with van der Waals surface area (Å²) in [6.45, 7) is 8.61. The number of rotatable bonds is 6. The molecule has 0 radical (unpaired) electrons. The molecule has 9 heteroatoms. The molecule has 3 aromatic rings. The van der Waals surface area contributed by atoms with Gasteiger partial charge in [-0.05, 0) is 25.5 Å². The maximum absolute atomic E-state index is 4.75. The van der Waals surface area contributed by atoms with Gasteiger partial charge in [0, 0.05) is 44.1 Å². The van der Waals surface area contributed by atoms with Crippen LogP contribution in [0.25, 0.3) is 5.65 Å². The Morgan fingerprint density at radius 2 is 2.21 bits per heavy atom. The van der Waals surface area contributed by atoms with Crippen molar-refractivity contribution < 1.29 is 0 Å². The first-order valence-electron chi connectivity index (χ1n) is 10.4. The van der Waals surface area contributed by atoms with E-state index in [4.69, 9.17) is 4.99 Å². The summed E-state index contributed by atoms with van der Waals surface area (Å²) in [5, 5.41) is 20.1. The van der Waals surface area contributed by atoms with Crippen LogP contribution in [0.5, 0.6) is 0 Å². The lowest BCUT2D eigenvalue weighted by Crippen LogP contribution is -2.47. The van der Waals surface area contributed by atoms with Crippen LogP contribution in [0.2, 0.25) is 0 Å². The quantitative estimate of drug-likeness (QED) is 0.486. The topological polar surface area (TPSA) is 97.3 Å².